The highest BCUT2D eigenvalue weighted by atomic mass is 16.5. The minimum Gasteiger partial charge on any atom is -0.462 e. The Bertz CT molecular complexity index is 331. The van der Waals surface area contributed by atoms with Crippen LogP contribution < -0.4 is 5.32 Å². The van der Waals surface area contributed by atoms with E-state index in [0.29, 0.717) is 13.2 Å². The van der Waals surface area contributed by atoms with Gasteiger partial charge in [-0.15, -0.1) is 6.58 Å². The Morgan fingerprint density at radius 1 is 1.53 bits per heavy atom. The first-order valence-electron chi connectivity index (χ1n) is 6.25. The lowest BCUT2D eigenvalue weighted by atomic mass is 10.2. The third-order valence-corrected chi connectivity index (χ3v) is 2.49. The van der Waals surface area contributed by atoms with Crippen LogP contribution in [0.3, 0.4) is 0 Å². The molecule has 96 valence electrons. The molecular formula is C14H23NO2. The number of furan rings is 1. The van der Waals surface area contributed by atoms with Gasteiger partial charge in [0.05, 0.1) is 13.2 Å². The summed E-state index contributed by atoms with van der Waals surface area (Å²) in [6, 6.07) is 2.05. The van der Waals surface area contributed by atoms with Gasteiger partial charge >= 0.3 is 0 Å². The molecule has 0 aliphatic carbocycles. The molecule has 17 heavy (non-hydrogen) atoms. The summed E-state index contributed by atoms with van der Waals surface area (Å²) in [6.45, 7) is 10.9. The van der Waals surface area contributed by atoms with Gasteiger partial charge in [0.1, 0.15) is 18.1 Å². The summed E-state index contributed by atoms with van der Waals surface area (Å²) in [5.74, 6) is 1.92. The predicted molar refractivity (Wildman–Crippen MR) is 69.9 cm³/mol. The van der Waals surface area contributed by atoms with Crippen molar-refractivity contribution in [3.63, 3.8) is 0 Å². The number of aryl methyl sites for hydroxylation is 1. The lowest BCUT2D eigenvalue weighted by Gasteiger charge is -2.01. The van der Waals surface area contributed by atoms with E-state index in [1.807, 2.05) is 6.08 Å². The van der Waals surface area contributed by atoms with Crippen LogP contribution in [-0.2, 0) is 17.9 Å². The molecule has 0 saturated carbocycles. The van der Waals surface area contributed by atoms with E-state index in [-0.39, 0.29) is 0 Å². The second-order valence-corrected chi connectivity index (χ2v) is 4.13. The molecule has 1 aromatic heterocycles. The molecule has 0 saturated heterocycles. The summed E-state index contributed by atoms with van der Waals surface area (Å²) in [4.78, 5) is 0. The van der Waals surface area contributed by atoms with Crippen LogP contribution in [0.1, 0.15) is 36.8 Å². The van der Waals surface area contributed by atoms with E-state index in [0.717, 1.165) is 37.5 Å². The number of ether oxygens (including phenoxy) is 1. The third kappa shape index (κ3) is 5.20. The molecule has 0 amide bonds. The van der Waals surface area contributed by atoms with Gasteiger partial charge in [0.25, 0.3) is 0 Å². The van der Waals surface area contributed by atoms with Crippen molar-refractivity contribution in [3.8, 4) is 0 Å². The molecular weight excluding hydrogens is 214 g/mol. The van der Waals surface area contributed by atoms with Gasteiger partial charge in [0.15, 0.2) is 0 Å². The Kier molecular flexibility index (Phi) is 6.67. The summed E-state index contributed by atoms with van der Waals surface area (Å²) >= 11 is 0. The summed E-state index contributed by atoms with van der Waals surface area (Å²) in [5.41, 5.74) is 1.19. The molecule has 0 aliphatic heterocycles. The van der Waals surface area contributed by atoms with E-state index < -0.39 is 0 Å². The summed E-state index contributed by atoms with van der Waals surface area (Å²) in [5, 5.41) is 3.33. The molecule has 0 aliphatic rings. The van der Waals surface area contributed by atoms with Crippen LogP contribution in [0.2, 0.25) is 0 Å². The van der Waals surface area contributed by atoms with E-state index in [1.165, 1.54) is 5.56 Å². The van der Waals surface area contributed by atoms with Gasteiger partial charge in [-0.25, -0.2) is 0 Å². The Labute approximate surface area is 104 Å². The fourth-order valence-electron chi connectivity index (χ4n) is 1.55. The van der Waals surface area contributed by atoms with Gasteiger partial charge in [-0.3, -0.25) is 0 Å². The lowest BCUT2D eigenvalue weighted by Crippen LogP contribution is -2.13. The van der Waals surface area contributed by atoms with Crippen LogP contribution in [0.5, 0.6) is 0 Å². The zero-order chi connectivity index (χ0) is 12.5. The fourth-order valence-corrected chi connectivity index (χ4v) is 1.55. The molecule has 1 N–H and O–H groups in total. The van der Waals surface area contributed by atoms with Crippen molar-refractivity contribution in [2.45, 2.75) is 39.8 Å². The standard InChI is InChI=1S/C14H23NO2/c1-4-6-8-16-11-13-9-12(3)14(17-13)10-15-7-5-2/h4,9,15H,1,5-8,10-11H2,2-3H3. The van der Waals surface area contributed by atoms with Crippen LogP contribution in [0.4, 0.5) is 0 Å². The first-order chi connectivity index (χ1) is 8.27. The van der Waals surface area contributed by atoms with E-state index in [1.54, 1.807) is 0 Å². The van der Waals surface area contributed by atoms with Gasteiger partial charge in [0.2, 0.25) is 0 Å². The predicted octanol–water partition coefficient (Wildman–Crippen LogP) is 3.18. The molecule has 0 aromatic carbocycles. The van der Waals surface area contributed by atoms with Crippen LogP contribution in [0, 0.1) is 6.92 Å². The monoisotopic (exact) mass is 237 g/mol. The summed E-state index contributed by atoms with van der Waals surface area (Å²) < 4.78 is 11.2. The maximum absolute atomic E-state index is 5.73. The number of rotatable bonds is 9. The smallest absolute Gasteiger partial charge is 0.130 e. The maximum Gasteiger partial charge on any atom is 0.130 e. The van der Waals surface area contributed by atoms with Crippen molar-refractivity contribution in [3.05, 3.63) is 35.8 Å². The van der Waals surface area contributed by atoms with Crippen LogP contribution >= 0.6 is 0 Å². The van der Waals surface area contributed by atoms with Crippen LogP contribution in [0.15, 0.2) is 23.1 Å². The van der Waals surface area contributed by atoms with Crippen LogP contribution in [0.25, 0.3) is 0 Å². The Morgan fingerprint density at radius 3 is 3.06 bits per heavy atom. The molecule has 0 fully saturated rings. The van der Waals surface area contributed by atoms with Gasteiger partial charge in [-0.1, -0.05) is 13.0 Å². The van der Waals surface area contributed by atoms with Crippen molar-refractivity contribution in [1.29, 1.82) is 0 Å². The highest BCUT2D eigenvalue weighted by Crippen LogP contribution is 2.15. The molecule has 0 spiro atoms. The SMILES string of the molecule is C=CCCOCc1cc(C)c(CNCCC)o1. The van der Waals surface area contributed by atoms with E-state index in [9.17, 15) is 0 Å². The number of hydrogen-bond acceptors (Lipinski definition) is 3. The molecule has 0 bridgehead atoms. The molecule has 3 nitrogen and oxygen atoms in total. The Morgan fingerprint density at radius 2 is 2.35 bits per heavy atom. The molecule has 0 unspecified atom stereocenters. The molecule has 1 heterocycles. The fraction of sp³-hybridized carbons (Fsp3) is 0.571. The van der Waals surface area contributed by atoms with E-state index in [2.05, 4.69) is 31.8 Å². The minimum atomic E-state index is 0.544. The van der Waals surface area contributed by atoms with Crippen molar-refractivity contribution < 1.29 is 9.15 Å². The first kappa shape index (κ1) is 14.0. The Balaban J connectivity index is 2.35. The normalized spacial score (nSPS) is 10.7. The summed E-state index contributed by atoms with van der Waals surface area (Å²) in [7, 11) is 0. The van der Waals surface area contributed by atoms with E-state index >= 15 is 0 Å². The zero-order valence-electron chi connectivity index (χ0n) is 10.9. The van der Waals surface area contributed by atoms with Crippen molar-refractivity contribution in [2.24, 2.45) is 0 Å². The van der Waals surface area contributed by atoms with Crippen molar-refractivity contribution in [2.75, 3.05) is 13.2 Å². The second kappa shape index (κ2) is 8.09. The lowest BCUT2D eigenvalue weighted by molar-refractivity contribution is 0.109. The van der Waals surface area contributed by atoms with Gasteiger partial charge in [-0.2, -0.15) is 0 Å². The third-order valence-electron chi connectivity index (χ3n) is 2.49. The highest BCUT2D eigenvalue weighted by Gasteiger charge is 2.06. The van der Waals surface area contributed by atoms with Gasteiger partial charge < -0.3 is 14.5 Å². The maximum atomic E-state index is 5.73. The average Bonchev–Trinajstić information content (AvgIpc) is 2.66. The van der Waals surface area contributed by atoms with Crippen molar-refractivity contribution in [1.82, 2.24) is 5.32 Å². The topological polar surface area (TPSA) is 34.4 Å². The number of nitrogens with one attached hydrogen (secondary N) is 1. The molecule has 3 heteroatoms. The molecule has 0 radical (unpaired) electrons. The second-order valence-electron chi connectivity index (χ2n) is 4.13. The minimum absolute atomic E-state index is 0.544. The zero-order valence-corrected chi connectivity index (χ0v) is 10.9. The largest absolute Gasteiger partial charge is 0.462 e. The molecule has 1 aromatic rings. The Hall–Kier alpha value is -1.06. The van der Waals surface area contributed by atoms with E-state index in [4.69, 9.17) is 9.15 Å². The average molecular weight is 237 g/mol. The van der Waals surface area contributed by atoms with Crippen molar-refractivity contribution >= 4 is 0 Å². The van der Waals surface area contributed by atoms with Crippen LogP contribution in [-0.4, -0.2) is 13.2 Å². The van der Waals surface area contributed by atoms with Gasteiger partial charge in [-0.05, 0) is 37.9 Å². The highest BCUT2D eigenvalue weighted by molar-refractivity contribution is 5.19. The molecule has 1 rings (SSSR count). The van der Waals surface area contributed by atoms with Gasteiger partial charge in [0, 0.05) is 0 Å². The molecule has 0 atom stereocenters. The quantitative estimate of drug-likeness (QED) is 0.529. The number of hydrogen-bond donors (Lipinski definition) is 1. The summed E-state index contributed by atoms with van der Waals surface area (Å²) in [6.07, 6.45) is 3.87. The first-order valence-corrected chi connectivity index (χ1v) is 6.25.